The Balaban J connectivity index is 2.04. The number of hydrogen-bond donors (Lipinski definition) is 0. The van der Waals surface area contributed by atoms with Gasteiger partial charge in [-0.05, 0) is 42.4 Å². The lowest BCUT2D eigenvalue weighted by Crippen LogP contribution is -2.44. The zero-order chi connectivity index (χ0) is 8.01. The molecule has 0 heteroatoms. The molecule has 0 saturated heterocycles. The summed E-state index contributed by atoms with van der Waals surface area (Å²) in [6.45, 7) is 7.35. The average molecular weight is 152 g/mol. The first-order valence-electron chi connectivity index (χ1n) is 5.20. The molecular weight excluding hydrogens is 132 g/mol. The van der Waals surface area contributed by atoms with Crippen LogP contribution < -0.4 is 0 Å². The fourth-order valence-electron chi connectivity index (χ4n) is 3.44. The van der Waals surface area contributed by atoms with E-state index in [4.69, 9.17) is 0 Å². The van der Waals surface area contributed by atoms with E-state index in [1.165, 1.54) is 19.3 Å². The third-order valence-corrected chi connectivity index (χ3v) is 4.37. The SMILES string of the molecule is CC1CCC2CC(C)C2C1C. The molecule has 0 aromatic rings. The van der Waals surface area contributed by atoms with Crippen LogP contribution in [0, 0.1) is 29.6 Å². The van der Waals surface area contributed by atoms with E-state index in [0.717, 1.165) is 29.6 Å². The molecule has 2 fully saturated rings. The summed E-state index contributed by atoms with van der Waals surface area (Å²) >= 11 is 0. The van der Waals surface area contributed by atoms with E-state index in [9.17, 15) is 0 Å². The molecule has 0 heterocycles. The van der Waals surface area contributed by atoms with Crippen LogP contribution in [0.3, 0.4) is 0 Å². The molecule has 2 saturated carbocycles. The molecule has 64 valence electrons. The first kappa shape index (κ1) is 7.64. The van der Waals surface area contributed by atoms with Crippen LogP contribution >= 0.6 is 0 Å². The Kier molecular flexibility index (Phi) is 1.74. The van der Waals surface area contributed by atoms with E-state index in [2.05, 4.69) is 20.8 Å². The zero-order valence-corrected chi connectivity index (χ0v) is 8.01. The quantitative estimate of drug-likeness (QED) is 0.499. The topological polar surface area (TPSA) is 0 Å². The van der Waals surface area contributed by atoms with Crippen LogP contribution in [0.1, 0.15) is 40.0 Å². The van der Waals surface area contributed by atoms with Crippen molar-refractivity contribution in [2.75, 3.05) is 0 Å². The van der Waals surface area contributed by atoms with E-state index in [-0.39, 0.29) is 0 Å². The molecular formula is C11H20. The molecule has 5 atom stereocenters. The van der Waals surface area contributed by atoms with Crippen LogP contribution in [0.4, 0.5) is 0 Å². The van der Waals surface area contributed by atoms with Crippen molar-refractivity contribution < 1.29 is 0 Å². The summed E-state index contributed by atoms with van der Waals surface area (Å²) in [4.78, 5) is 0. The van der Waals surface area contributed by atoms with E-state index in [1.54, 1.807) is 0 Å². The van der Waals surface area contributed by atoms with E-state index in [0.29, 0.717) is 0 Å². The maximum Gasteiger partial charge on any atom is -0.0332 e. The van der Waals surface area contributed by atoms with Crippen molar-refractivity contribution in [1.29, 1.82) is 0 Å². The molecule has 2 aliphatic rings. The minimum Gasteiger partial charge on any atom is -0.0622 e. The van der Waals surface area contributed by atoms with Gasteiger partial charge in [0.15, 0.2) is 0 Å². The fourth-order valence-corrected chi connectivity index (χ4v) is 3.44. The second-order valence-corrected chi connectivity index (χ2v) is 4.96. The molecule has 0 aliphatic heterocycles. The second kappa shape index (κ2) is 2.50. The van der Waals surface area contributed by atoms with Crippen LogP contribution in [0.5, 0.6) is 0 Å². The molecule has 0 spiro atoms. The van der Waals surface area contributed by atoms with E-state index in [1.807, 2.05) is 0 Å². The van der Waals surface area contributed by atoms with Gasteiger partial charge in [-0.1, -0.05) is 27.2 Å². The van der Waals surface area contributed by atoms with Gasteiger partial charge in [0.2, 0.25) is 0 Å². The first-order chi connectivity index (χ1) is 5.20. The lowest BCUT2D eigenvalue weighted by molar-refractivity contribution is -0.0284. The van der Waals surface area contributed by atoms with Crippen molar-refractivity contribution in [3.05, 3.63) is 0 Å². The third-order valence-electron chi connectivity index (χ3n) is 4.37. The lowest BCUT2D eigenvalue weighted by Gasteiger charge is -2.52. The van der Waals surface area contributed by atoms with Crippen molar-refractivity contribution in [3.63, 3.8) is 0 Å². The minimum atomic E-state index is 0.999. The zero-order valence-electron chi connectivity index (χ0n) is 8.01. The molecule has 0 aromatic carbocycles. The van der Waals surface area contributed by atoms with E-state index < -0.39 is 0 Å². The van der Waals surface area contributed by atoms with Gasteiger partial charge in [0.25, 0.3) is 0 Å². The standard InChI is InChI=1S/C11H20/c1-7-4-5-10-6-8(2)11(10)9(7)3/h7-11H,4-6H2,1-3H3. The Hall–Kier alpha value is 0. The van der Waals surface area contributed by atoms with Gasteiger partial charge >= 0.3 is 0 Å². The first-order valence-corrected chi connectivity index (χ1v) is 5.20. The molecule has 0 N–H and O–H groups in total. The largest absolute Gasteiger partial charge is 0.0622 e. The summed E-state index contributed by atoms with van der Waals surface area (Å²) in [5.74, 6) is 5.27. The molecule has 11 heavy (non-hydrogen) atoms. The third kappa shape index (κ3) is 1.02. The summed E-state index contributed by atoms with van der Waals surface area (Å²) in [6.07, 6.45) is 4.55. The maximum atomic E-state index is 2.47. The minimum absolute atomic E-state index is 0.999. The fraction of sp³-hybridized carbons (Fsp3) is 1.00. The highest BCUT2D eigenvalue weighted by Gasteiger charge is 2.45. The summed E-state index contributed by atoms with van der Waals surface area (Å²) in [7, 11) is 0. The van der Waals surface area contributed by atoms with Crippen LogP contribution in [0.15, 0.2) is 0 Å². The predicted molar refractivity (Wildman–Crippen MR) is 48.3 cm³/mol. The summed E-state index contributed by atoms with van der Waals surface area (Å²) < 4.78 is 0. The lowest BCUT2D eigenvalue weighted by atomic mass is 9.53. The van der Waals surface area contributed by atoms with Crippen molar-refractivity contribution in [3.8, 4) is 0 Å². The molecule has 0 radical (unpaired) electrons. The predicted octanol–water partition coefficient (Wildman–Crippen LogP) is 3.32. The van der Waals surface area contributed by atoms with E-state index >= 15 is 0 Å². The van der Waals surface area contributed by atoms with Gasteiger partial charge in [0, 0.05) is 0 Å². The van der Waals surface area contributed by atoms with Gasteiger partial charge in [-0.25, -0.2) is 0 Å². The van der Waals surface area contributed by atoms with Gasteiger partial charge in [0.1, 0.15) is 0 Å². The van der Waals surface area contributed by atoms with Crippen LogP contribution in [-0.4, -0.2) is 0 Å². The normalized spacial score (nSPS) is 56.5. The van der Waals surface area contributed by atoms with Crippen molar-refractivity contribution in [2.24, 2.45) is 29.6 Å². The molecule has 0 aromatic heterocycles. The molecule has 5 unspecified atom stereocenters. The van der Waals surface area contributed by atoms with Gasteiger partial charge in [0.05, 0.1) is 0 Å². The Morgan fingerprint density at radius 1 is 0.909 bits per heavy atom. The Labute approximate surface area is 70.4 Å². The highest BCUT2D eigenvalue weighted by Crippen LogP contribution is 2.53. The summed E-state index contributed by atoms with van der Waals surface area (Å²) in [5.41, 5.74) is 0. The maximum absolute atomic E-state index is 2.47. The van der Waals surface area contributed by atoms with Gasteiger partial charge in [-0.2, -0.15) is 0 Å². The number of hydrogen-bond acceptors (Lipinski definition) is 0. The monoisotopic (exact) mass is 152 g/mol. The van der Waals surface area contributed by atoms with Gasteiger partial charge in [-0.3, -0.25) is 0 Å². The molecule has 2 aliphatic carbocycles. The Morgan fingerprint density at radius 2 is 1.64 bits per heavy atom. The average Bonchev–Trinajstić information content (AvgIpc) is 1.94. The summed E-state index contributed by atoms with van der Waals surface area (Å²) in [5, 5.41) is 0. The van der Waals surface area contributed by atoms with Crippen molar-refractivity contribution >= 4 is 0 Å². The Bertz CT molecular complexity index is 150. The van der Waals surface area contributed by atoms with Crippen LogP contribution in [-0.2, 0) is 0 Å². The molecule has 0 amide bonds. The van der Waals surface area contributed by atoms with Crippen LogP contribution in [0.25, 0.3) is 0 Å². The Morgan fingerprint density at radius 3 is 2.18 bits per heavy atom. The second-order valence-electron chi connectivity index (χ2n) is 4.96. The van der Waals surface area contributed by atoms with Crippen LogP contribution in [0.2, 0.25) is 0 Å². The van der Waals surface area contributed by atoms with Crippen molar-refractivity contribution in [1.82, 2.24) is 0 Å². The molecule has 2 rings (SSSR count). The van der Waals surface area contributed by atoms with Crippen molar-refractivity contribution in [2.45, 2.75) is 40.0 Å². The van der Waals surface area contributed by atoms with Gasteiger partial charge < -0.3 is 0 Å². The smallest absolute Gasteiger partial charge is 0.0332 e. The highest BCUT2D eigenvalue weighted by atomic mass is 14.5. The molecule has 0 bridgehead atoms. The number of rotatable bonds is 0. The highest BCUT2D eigenvalue weighted by molar-refractivity contribution is 4.94. The summed E-state index contributed by atoms with van der Waals surface area (Å²) in [6, 6.07) is 0. The number of fused-ring (bicyclic) bond motifs is 1. The molecule has 0 nitrogen and oxygen atoms in total. The van der Waals surface area contributed by atoms with Gasteiger partial charge in [-0.15, -0.1) is 0 Å².